The Morgan fingerprint density at radius 2 is 2.36 bits per heavy atom. The van der Waals surface area contributed by atoms with Crippen molar-refractivity contribution in [3.8, 4) is 0 Å². The SMILES string of the molecule is CC1=C2NCC(C)CN2NC1. The van der Waals surface area contributed by atoms with E-state index in [1.807, 2.05) is 0 Å². The first-order chi connectivity index (χ1) is 5.27. The van der Waals surface area contributed by atoms with Crippen molar-refractivity contribution >= 4 is 0 Å². The smallest absolute Gasteiger partial charge is 0.116 e. The Hall–Kier alpha value is -0.700. The molecule has 0 spiro atoms. The Morgan fingerprint density at radius 3 is 3.18 bits per heavy atom. The summed E-state index contributed by atoms with van der Waals surface area (Å²) < 4.78 is 0. The second kappa shape index (κ2) is 2.41. The van der Waals surface area contributed by atoms with Gasteiger partial charge in [0.1, 0.15) is 5.82 Å². The van der Waals surface area contributed by atoms with Gasteiger partial charge in [0.25, 0.3) is 0 Å². The minimum absolute atomic E-state index is 0.747. The van der Waals surface area contributed by atoms with Crippen LogP contribution in [0.4, 0.5) is 0 Å². The predicted octanol–water partition coefficient (Wildman–Crippen LogP) is 0.277. The van der Waals surface area contributed by atoms with E-state index in [0.29, 0.717) is 0 Å². The molecule has 1 unspecified atom stereocenters. The van der Waals surface area contributed by atoms with E-state index in [0.717, 1.165) is 25.6 Å². The molecule has 11 heavy (non-hydrogen) atoms. The molecular formula is C8H15N3. The summed E-state index contributed by atoms with van der Waals surface area (Å²) in [6.45, 7) is 7.70. The van der Waals surface area contributed by atoms with Crippen LogP contribution in [0.25, 0.3) is 0 Å². The minimum atomic E-state index is 0.747. The van der Waals surface area contributed by atoms with E-state index in [1.54, 1.807) is 0 Å². The van der Waals surface area contributed by atoms with Crippen LogP contribution in [-0.4, -0.2) is 24.6 Å². The minimum Gasteiger partial charge on any atom is -0.370 e. The average molecular weight is 153 g/mol. The van der Waals surface area contributed by atoms with Gasteiger partial charge in [-0.15, -0.1) is 0 Å². The Morgan fingerprint density at radius 1 is 1.55 bits per heavy atom. The first-order valence-corrected chi connectivity index (χ1v) is 4.22. The molecule has 0 aliphatic carbocycles. The maximum Gasteiger partial charge on any atom is 0.116 e. The van der Waals surface area contributed by atoms with Gasteiger partial charge in [0.2, 0.25) is 0 Å². The second-order valence-corrected chi connectivity index (χ2v) is 3.56. The molecule has 0 amide bonds. The van der Waals surface area contributed by atoms with Gasteiger partial charge in [0, 0.05) is 19.6 Å². The van der Waals surface area contributed by atoms with Crippen molar-refractivity contribution in [3.63, 3.8) is 0 Å². The lowest BCUT2D eigenvalue weighted by molar-refractivity contribution is 0.193. The van der Waals surface area contributed by atoms with Crippen molar-refractivity contribution in [2.75, 3.05) is 19.6 Å². The van der Waals surface area contributed by atoms with Gasteiger partial charge in [0.05, 0.1) is 0 Å². The number of fused-ring (bicyclic) bond motifs is 1. The summed E-state index contributed by atoms with van der Waals surface area (Å²) in [7, 11) is 0. The molecule has 2 N–H and O–H groups in total. The third-order valence-electron chi connectivity index (χ3n) is 2.32. The van der Waals surface area contributed by atoms with Crippen LogP contribution in [0.2, 0.25) is 0 Å². The van der Waals surface area contributed by atoms with E-state index in [-0.39, 0.29) is 0 Å². The zero-order valence-electron chi connectivity index (χ0n) is 7.15. The fraction of sp³-hybridized carbons (Fsp3) is 0.750. The lowest BCUT2D eigenvalue weighted by Crippen LogP contribution is -2.46. The first kappa shape index (κ1) is 6.98. The lowest BCUT2D eigenvalue weighted by atomic mass is 10.1. The summed E-state index contributed by atoms with van der Waals surface area (Å²) in [5.41, 5.74) is 4.76. The highest BCUT2D eigenvalue weighted by Crippen LogP contribution is 2.17. The number of hydrogen-bond acceptors (Lipinski definition) is 3. The molecule has 3 heteroatoms. The Labute approximate surface area is 67.4 Å². The van der Waals surface area contributed by atoms with Crippen molar-refractivity contribution < 1.29 is 0 Å². The number of hydrazine groups is 1. The second-order valence-electron chi connectivity index (χ2n) is 3.56. The van der Waals surface area contributed by atoms with Crippen molar-refractivity contribution in [3.05, 3.63) is 11.4 Å². The fourth-order valence-electron chi connectivity index (χ4n) is 1.66. The highest BCUT2D eigenvalue weighted by molar-refractivity contribution is 5.16. The Balaban J connectivity index is 2.14. The molecule has 3 nitrogen and oxygen atoms in total. The molecule has 1 fully saturated rings. The van der Waals surface area contributed by atoms with E-state index in [4.69, 9.17) is 0 Å². The zero-order chi connectivity index (χ0) is 7.84. The number of rotatable bonds is 0. The summed E-state index contributed by atoms with van der Waals surface area (Å²) in [6, 6.07) is 0. The first-order valence-electron chi connectivity index (χ1n) is 4.22. The summed E-state index contributed by atoms with van der Waals surface area (Å²) in [4.78, 5) is 0. The lowest BCUT2D eigenvalue weighted by Gasteiger charge is -2.32. The molecule has 2 heterocycles. The Kier molecular flexibility index (Phi) is 1.53. The monoisotopic (exact) mass is 153 g/mol. The summed E-state index contributed by atoms with van der Waals surface area (Å²) in [5.74, 6) is 2.06. The van der Waals surface area contributed by atoms with Crippen LogP contribution in [0.3, 0.4) is 0 Å². The summed E-state index contributed by atoms with van der Waals surface area (Å²) in [6.07, 6.45) is 0. The quantitative estimate of drug-likeness (QED) is 0.523. The molecule has 2 rings (SSSR count). The van der Waals surface area contributed by atoms with Gasteiger partial charge in [-0.1, -0.05) is 6.92 Å². The number of hydrogen-bond donors (Lipinski definition) is 2. The highest BCUT2D eigenvalue weighted by atomic mass is 15.6. The van der Waals surface area contributed by atoms with Gasteiger partial charge < -0.3 is 5.32 Å². The number of nitrogens with one attached hydrogen (secondary N) is 2. The topological polar surface area (TPSA) is 27.3 Å². The molecule has 0 aromatic carbocycles. The molecule has 0 saturated carbocycles. The molecule has 0 bridgehead atoms. The molecule has 1 atom stereocenters. The van der Waals surface area contributed by atoms with Gasteiger partial charge in [-0.2, -0.15) is 0 Å². The van der Waals surface area contributed by atoms with Crippen molar-refractivity contribution in [2.45, 2.75) is 13.8 Å². The number of nitrogens with zero attached hydrogens (tertiary/aromatic N) is 1. The van der Waals surface area contributed by atoms with E-state index in [9.17, 15) is 0 Å². The Bertz CT molecular complexity index is 198. The standard InChI is InChI=1S/C8H15N3/c1-6-3-9-8-7(2)4-10-11(8)5-6/h6,9-10H,3-5H2,1-2H3. The molecule has 0 aromatic rings. The average Bonchev–Trinajstić information content (AvgIpc) is 2.32. The molecule has 0 radical (unpaired) electrons. The van der Waals surface area contributed by atoms with Gasteiger partial charge in [0.15, 0.2) is 0 Å². The van der Waals surface area contributed by atoms with Crippen LogP contribution in [-0.2, 0) is 0 Å². The van der Waals surface area contributed by atoms with E-state index < -0.39 is 0 Å². The molecule has 62 valence electrons. The van der Waals surface area contributed by atoms with Crippen LogP contribution >= 0.6 is 0 Å². The molecule has 2 aliphatic rings. The maximum atomic E-state index is 3.42. The van der Waals surface area contributed by atoms with E-state index in [2.05, 4.69) is 29.6 Å². The molecular weight excluding hydrogens is 138 g/mol. The van der Waals surface area contributed by atoms with E-state index in [1.165, 1.54) is 11.4 Å². The van der Waals surface area contributed by atoms with Crippen LogP contribution < -0.4 is 10.7 Å². The normalized spacial score (nSPS) is 30.4. The van der Waals surface area contributed by atoms with Crippen molar-refractivity contribution in [1.82, 2.24) is 15.8 Å². The van der Waals surface area contributed by atoms with Crippen LogP contribution in [0.5, 0.6) is 0 Å². The third-order valence-corrected chi connectivity index (χ3v) is 2.32. The summed E-state index contributed by atoms with van der Waals surface area (Å²) in [5, 5.41) is 5.65. The fourth-order valence-corrected chi connectivity index (χ4v) is 1.66. The van der Waals surface area contributed by atoms with Crippen LogP contribution in [0, 0.1) is 5.92 Å². The van der Waals surface area contributed by atoms with Gasteiger partial charge in [-0.25, -0.2) is 5.43 Å². The van der Waals surface area contributed by atoms with Gasteiger partial charge >= 0.3 is 0 Å². The summed E-state index contributed by atoms with van der Waals surface area (Å²) >= 11 is 0. The molecule has 2 aliphatic heterocycles. The van der Waals surface area contributed by atoms with Crippen molar-refractivity contribution in [1.29, 1.82) is 0 Å². The van der Waals surface area contributed by atoms with Crippen molar-refractivity contribution in [2.24, 2.45) is 5.92 Å². The molecule has 1 saturated heterocycles. The molecule has 0 aromatic heterocycles. The van der Waals surface area contributed by atoms with Crippen LogP contribution in [0.15, 0.2) is 11.4 Å². The van der Waals surface area contributed by atoms with E-state index >= 15 is 0 Å². The predicted molar refractivity (Wildman–Crippen MR) is 44.6 cm³/mol. The maximum absolute atomic E-state index is 3.42. The van der Waals surface area contributed by atoms with Gasteiger partial charge in [-0.3, -0.25) is 5.01 Å². The van der Waals surface area contributed by atoms with Crippen LogP contribution in [0.1, 0.15) is 13.8 Å². The largest absolute Gasteiger partial charge is 0.370 e. The zero-order valence-corrected chi connectivity index (χ0v) is 7.15. The van der Waals surface area contributed by atoms with Gasteiger partial charge in [-0.05, 0) is 18.4 Å². The third kappa shape index (κ3) is 1.09. The highest BCUT2D eigenvalue weighted by Gasteiger charge is 2.24.